The summed E-state index contributed by atoms with van der Waals surface area (Å²) in [5.41, 5.74) is 3.94. The minimum Gasteiger partial charge on any atom is -0.339 e. The normalized spacial score (nSPS) is 17.8. The maximum Gasteiger partial charge on any atom is 0.253 e. The number of aliphatic imine (C=N–C) groups is 1. The van der Waals surface area contributed by atoms with Gasteiger partial charge in [0.2, 0.25) is 5.91 Å². The van der Waals surface area contributed by atoms with Crippen LogP contribution in [0, 0.1) is 0 Å². The van der Waals surface area contributed by atoms with Crippen molar-refractivity contribution in [3.63, 3.8) is 0 Å². The molecule has 2 saturated heterocycles. The van der Waals surface area contributed by atoms with Crippen molar-refractivity contribution in [2.24, 2.45) is 4.99 Å². The van der Waals surface area contributed by atoms with Gasteiger partial charge in [-0.2, -0.15) is 0 Å². The summed E-state index contributed by atoms with van der Waals surface area (Å²) in [7, 11) is 0. The molecule has 0 saturated carbocycles. The number of anilines is 1. The molecule has 7 nitrogen and oxygen atoms in total. The quantitative estimate of drug-likeness (QED) is 0.511. The number of ketones is 1. The fraction of sp³-hybridized carbons (Fsp3) is 0.290. The predicted molar refractivity (Wildman–Crippen MR) is 146 cm³/mol. The van der Waals surface area contributed by atoms with Gasteiger partial charge in [0.25, 0.3) is 5.91 Å². The van der Waals surface area contributed by atoms with Crippen LogP contribution in [0.5, 0.6) is 0 Å². The molecule has 0 unspecified atom stereocenters. The van der Waals surface area contributed by atoms with E-state index in [0.717, 1.165) is 22.4 Å². The standard InChI is InChI=1S/C31H30N4O3/c36-28(17-23-7-3-1-4-8-23)21-34-22-35(27-9-5-2-6-10-27)31(30(34)38)13-15-33(16-14-31)29(37)24-11-12-25-19-32-20-26(25)18-24/h1-12,18-19H,13-17,20-22H2. The Morgan fingerprint density at radius 3 is 2.34 bits per heavy atom. The van der Waals surface area contributed by atoms with Crippen molar-refractivity contribution >= 4 is 29.5 Å². The second-order valence-electron chi connectivity index (χ2n) is 10.3. The van der Waals surface area contributed by atoms with Crippen LogP contribution in [0.4, 0.5) is 5.69 Å². The van der Waals surface area contributed by atoms with E-state index in [0.29, 0.717) is 51.1 Å². The Hall–Kier alpha value is -4.26. The van der Waals surface area contributed by atoms with E-state index in [1.54, 1.807) is 4.90 Å². The highest BCUT2D eigenvalue weighted by Crippen LogP contribution is 2.39. The van der Waals surface area contributed by atoms with Crippen molar-refractivity contribution in [3.05, 3.63) is 101 Å². The number of Topliss-reactive ketones (excluding diaryl/α,β-unsaturated/α-hetero) is 1. The minimum atomic E-state index is -0.767. The lowest BCUT2D eigenvalue weighted by Crippen LogP contribution is -2.57. The zero-order valence-electron chi connectivity index (χ0n) is 21.3. The van der Waals surface area contributed by atoms with Crippen molar-refractivity contribution in [2.45, 2.75) is 31.3 Å². The zero-order chi connectivity index (χ0) is 26.1. The largest absolute Gasteiger partial charge is 0.339 e. The first-order valence-electron chi connectivity index (χ1n) is 13.1. The highest BCUT2D eigenvalue weighted by atomic mass is 16.2. The topological polar surface area (TPSA) is 73.3 Å². The molecule has 0 N–H and O–H groups in total. The summed E-state index contributed by atoms with van der Waals surface area (Å²) >= 11 is 0. The summed E-state index contributed by atoms with van der Waals surface area (Å²) in [6.45, 7) is 2.01. The molecule has 0 radical (unpaired) electrons. The number of nitrogens with zero attached hydrogens (tertiary/aromatic N) is 4. The van der Waals surface area contributed by atoms with E-state index in [1.807, 2.05) is 90.0 Å². The monoisotopic (exact) mass is 506 g/mol. The van der Waals surface area contributed by atoms with Gasteiger partial charge in [0.05, 0.1) is 19.8 Å². The number of rotatable bonds is 6. The Morgan fingerprint density at radius 1 is 0.895 bits per heavy atom. The maximum atomic E-state index is 13.9. The van der Waals surface area contributed by atoms with E-state index in [9.17, 15) is 14.4 Å². The van der Waals surface area contributed by atoms with Crippen LogP contribution in [0.1, 0.15) is 39.9 Å². The second kappa shape index (κ2) is 9.89. The molecule has 0 aliphatic carbocycles. The molecule has 2 fully saturated rings. The Morgan fingerprint density at radius 2 is 1.61 bits per heavy atom. The summed E-state index contributed by atoms with van der Waals surface area (Å²) in [5, 5.41) is 0. The molecule has 3 aromatic carbocycles. The lowest BCUT2D eigenvalue weighted by Gasteiger charge is -2.43. The van der Waals surface area contributed by atoms with Crippen molar-refractivity contribution in [2.75, 3.05) is 31.2 Å². The van der Waals surface area contributed by atoms with Crippen LogP contribution in [-0.4, -0.2) is 65.5 Å². The number of amides is 2. The fourth-order valence-electron chi connectivity index (χ4n) is 5.92. The average Bonchev–Trinajstić information content (AvgIpc) is 3.53. The molecule has 0 aromatic heterocycles. The van der Waals surface area contributed by atoms with Gasteiger partial charge in [0.1, 0.15) is 5.54 Å². The predicted octanol–water partition coefficient (Wildman–Crippen LogP) is 3.71. The van der Waals surface area contributed by atoms with Crippen LogP contribution in [-0.2, 0) is 22.6 Å². The van der Waals surface area contributed by atoms with E-state index in [-0.39, 0.29) is 24.1 Å². The third-order valence-electron chi connectivity index (χ3n) is 7.95. The van der Waals surface area contributed by atoms with Crippen LogP contribution < -0.4 is 4.90 Å². The first kappa shape index (κ1) is 24.1. The van der Waals surface area contributed by atoms with Gasteiger partial charge >= 0.3 is 0 Å². The van der Waals surface area contributed by atoms with Crippen molar-refractivity contribution < 1.29 is 14.4 Å². The van der Waals surface area contributed by atoms with Gasteiger partial charge in [0, 0.05) is 37.0 Å². The number of carbonyl (C=O) groups is 3. The van der Waals surface area contributed by atoms with Crippen LogP contribution in [0.3, 0.4) is 0 Å². The zero-order valence-corrected chi connectivity index (χ0v) is 21.3. The number of fused-ring (bicyclic) bond motifs is 1. The Labute approximate surface area is 222 Å². The number of carbonyl (C=O) groups excluding carboxylic acids is 3. The van der Waals surface area contributed by atoms with Gasteiger partial charge in [-0.15, -0.1) is 0 Å². The second-order valence-corrected chi connectivity index (χ2v) is 10.3. The highest BCUT2D eigenvalue weighted by molar-refractivity contribution is 5.98. The summed E-state index contributed by atoms with van der Waals surface area (Å²) in [5.74, 6) is -0.0199. The molecule has 0 bridgehead atoms. The Balaban J connectivity index is 1.19. The van der Waals surface area contributed by atoms with Gasteiger partial charge in [-0.1, -0.05) is 54.6 Å². The molecular formula is C31H30N4O3. The van der Waals surface area contributed by atoms with E-state index in [1.165, 1.54) is 0 Å². The van der Waals surface area contributed by atoms with Crippen LogP contribution in [0.15, 0.2) is 83.9 Å². The SMILES string of the molecule is O=C(Cc1ccccc1)CN1CN(c2ccccc2)C2(CCN(C(=O)c3ccc4c(c3)CN=C4)CC2)C1=O. The molecule has 38 heavy (non-hydrogen) atoms. The highest BCUT2D eigenvalue weighted by Gasteiger charge is 2.54. The first-order chi connectivity index (χ1) is 18.5. The summed E-state index contributed by atoms with van der Waals surface area (Å²) in [4.78, 5) is 50.2. The number of piperidine rings is 1. The first-order valence-corrected chi connectivity index (χ1v) is 13.1. The molecule has 7 heteroatoms. The van der Waals surface area contributed by atoms with E-state index in [2.05, 4.69) is 9.89 Å². The molecule has 6 rings (SSSR count). The summed E-state index contributed by atoms with van der Waals surface area (Å²) < 4.78 is 0. The fourth-order valence-corrected chi connectivity index (χ4v) is 5.92. The smallest absolute Gasteiger partial charge is 0.253 e. The van der Waals surface area contributed by atoms with Crippen molar-refractivity contribution in [3.8, 4) is 0 Å². The summed E-state index contributed by atoms with van der Waals surface area (Å²) in [6.07, 6.45) is 3.18. The third kappa shape index (κ3) is 4.38. The lowest BCUT2D eigenvalue weighted by atomic mass is 9.85. The molecule has 3 aliphatic rings. The number of likely N-dealkylation sites (tertiary alicyclic amines) is 1. The van der Waals surface area contributed by atoms with Crippen molar-refractivity contribution in [1.82, 2.24) is 9.80 Å². The van der Waals surface area contributed by atoms with Gasteiger partial charge < -0.3 is 14.7 Å². The molecule has 1 spiro atoms. The van der Waals surface area contributed by atoms with Gasteiger partial charge in [-0.3, -0.25) is 19.4 Å². The van der Waals surface area contributed by atoms with Crippen LogP contribution >= 0.6 is 0 Å². The lowest BCUT2D eigenvalue weighted by molar-refractivity contribution is -0.136. The van der Waals surface area contributed by atoms with E-state index < -0.39 is 5.54 Å². The number of para-hydroxylation sites is 1. The third-order valence-corrected chi connectivity index (χ3v) is 7.95. The Kier molecular flexibility index (Phi) is 6.27. The van der Waals surface area contributed by atoms with Crippen LogP contribution in [0.2, 0.25) is 0 Å². The van der Waals surface area contributed by atoms with Gasteiger partial charge in [-0.25, -0.2) is 0 Å². The molecule has 3 aliphatic heterocycles. The number of benzene rings is 3. The number of hydrogen-bond donors (Lipinski definition) is 0. The molecule has 3 aromatic rings. The molecule has 2 amide bonds. The van der Waals surface area contributed by atoms with Crippen molar-refractivity contribution in [1.29, 1.82) is 0 Å². The molecule has 3 heterocycles. The maximum absolute atomic E-state index is 13.9. The van der Waals surface area contributed by atoms with Crippen LogP contribution in [0.25, 0.3) is 0 Å². The average molecular weight is 507 g/mol. The number of hydrogen-bond acceptors (Lipinski definition) is 5. The Bertz CT molecular complexity index is 1400. The minimum absolute atomic E-state index is 0.0128. The molecule has 0 atom stereocenters. The van der Waals surface area contributed by atoms with E-state index >= 15 is 0 Å². The molecular weight excluding hydrogens is 476 g/mol. The molecule has 192 valence electrons. The summed E-state index contributed by atoms with van der Waals surface area (Å²) in [6, 6.07) is 25.3. The van der Waals surface area contributed by atoms with E-state index in [4.69, 9.17) is 0 Å². The van der Waals surface area contributed by atoms with Gasteiger partial charge in [-0.05, 0) is 53.8 Å². The van der Waals surface area contributed by atoms with Gasteiger partial charge in [0.15, 0.2) is 5.78 Å².